The van der Waals surface area contributed by atoms with Gasteiger partial charge in [-0.05, 0) is 31.0 Å². The van der Waals surface area contributed by atoms with E-state index in [0.717, 1.165) is 31.0 Å². The van der Waals surface area contributed by atoms with Crippen molar-refractivity contribution in [1.29, 1.82) is 0 Å². The first-order chi connectivity index (χ1) is 11.0. The molecule has 0 fully saturated rings. The fraction of sp³-hybridized carbons (Fsp3) is 0.556. The summed E-state index contributed by atoms with van der Waals surface area (Å²) in [7, 11) is 5.58. The molecular weight excluding hydrogens is 288 g/mol. The Morgan fingerprint density at radius 1 is 1.13 bits per heavy atom. The molecule has 1 aromatic carbocycles. The van der Waals surface area contributed by atoms with Gasteiger partial charge in [-0.3, -0.25) is 4.79 Å². The predicted molar refractivity (Wildman–Crippen MR) is 96.8 cm³/mol. The Morgan fingerprint density at radius 2 is 1.78 bits per heavy atom. The molecule has 0 aliphatic carbocycles. The van der Waals surface area contributed by atoms with Crippen LogP contribution in [-0.4, -0.2) is 55.9 Å². The van der Waals surface area contributed by atoms with Gasteiger partial charge in [0.05, 0.1) is 6.54 Å². The number of nitrogens with one attached hydrogen (secondary N) is 1. The first-order valence-corrected chi connectivity index (χ1v) is 8.29. The van der Waals surface area contributed by atoms with Crippen LogP contribution in [-0.2, 0) is 6.54 Å². The molecule has 1 aromatic rings. The molecule has 0 atom stereocenters. The van der Waals surface area contributed by atoms with Crippen molar-refractivity contribution in [2.24, 2.45) is 4.99 Å². The van der Waals surface area contributed by atoms with E-state index in [9.17, 15) is 4.79 Å². The van der Waals surface area contributed by atoms with Crippen LogP contribution in [0.3, 0.4) is 0 Å². The number of rotatable bonds is 7. The molecule has 1 N–H and O–H groups in total. The van der Waals surface area contributed by atoms with Gasteiger partial charge in [-0.15, -0.1) is 0 Å². The fourth-order valence-electron chi connectivity index (χ4n) is 2.15. The Hall–Kier alpha value is -2.04. The smallest absolute Gasteiger partial charge is 0.253 e. The number of aliphatic imine (C=N–C) groups is 1. The van der Waals surface area contributed by atoms with E-state index in [1.807, 2.05) is 24.3 Å². The van der Waals surface area contributed by atoms with E-state index in [2.05, 4.69) is 36.1 Å². The van der Waals surface area contributed by atoms with Crippen LogP contribution in [0.4, 0.5) is 0 Å². The highest BCUT2D eigenvalue weighted by Gasteiger charge is 2.08. The third kappa shape index (κ3) is 6.30. The third-order valence-electron chi connectivity index (χ3n) is 3.56. The molecule has 128 valence electrons. The van der Waals surface area contributed by atoms with Crippen LogP contribution in [0, 0.1) is 0 Å². The van der Waals surface area contributed by atoms with E-state index >= 15 is 0 Å². The Labute approximate surface area is 140 Å². The standard InChI is InChI=1S/C18H30N4O/c1-6-8-13-22(5)18(19-7-2)20-14-15-9-11-16(12-10-15)17(23)21(3)4/h9-12H,6-8,13-14H2,1-5H3,(H,19,20). The number of hydrogen-bond acceptors (Lipinski definition) is 2. The Balaban J connectivity index is 2.73. The molecule has 0 unspecified atom stereocenters. The number of guanidine groups is 1. The van der Waals surface area contributed by atoms with E-state index in [1.165, 1.54) is 6.42 Å². The molecule has 0 spiro atoms. The van der Waals surface area contributed by atoms with Crippen molar-refractivity contribution >= 4 is 11.9 Å². The van der Waals surface area contributed by atoms with Crippen LogP contribution < -0.4 is 5.32 Å². The third-order valence-corrected chi connectivity index (χ3v) is 3.56. The molecule has 0 heterocycles. The summed E-state index contributed by atoms with van der Waals surface area (Å²) in [6.07, 6.45) is 2.33. The first-order valence-electron chi connectivity index (χ1n) is 8.29. The zero-order valence-corrected chi connectivity index (χ0v) is 15.1. The number of hydrogen-bond donors (Lipinski definition) is 1. The van der Waals surface area contributed by atoms with Gasteiger partial charge < -0.3 is 15.1 Å². The molecule has 0 saturated heterocycles. The summed E-state index contributed by atoms with van der Waals surface area (Å²) in [6, 6.07) is 7.66. The predicted octanol–water partition coefficient (Wildman–Crippen LogP) is 2.59. The molecule has 0 saturated carbocycles. The van der Waals surface area contributed by atoms with Crippen molar-refractivity contribution in [1.82, 2.24) is 15.1 Å². The van der Waals surface area contributed by atoms with E-state index < -0.39 is 0 Å². The van der Waals surface area contributed by atoms with Crippen LogP contribution in [0.5, 0.6) is 0 Å². The Kier molecular flexibility index (Phi) is 8.16. The van der Waals surface area contributed by atoms with Crippen molar-refractivity contribution in [2.45, 2.75) is 33.2 Å². The highest BCUT2D eigenvalue weighted by atomic mass is 16.2. The van der Waals surface area contributed by atoms with Gasteiger partial charge in [-0.1, -0.05) is 25.5 Å². The van der Waals surface area contributed by atoms with E-state index in [4.69, 9.17) is 0 Å². The SMILES string of the molecule is CCCCN(C)C(=NCc1ccc(C(=O)N(C)C)cc1)NCC. The maximum atomic E-state index is 11.9. The van der Waals surface area contributed by atoms with Crippen molar-refractivity contribution in [3.8, 4) is 0 Å². The largest absolute Gasteiger partial charge is 0.357 e. The highest BCUT2D eigenvalue weighted by molar-refractivity contribution is 5.93. The van der Waals surface area contributed by atoms with E-state index in [1.54, 1.807) is 19.0 Å². The molecule has 5 heteroatoms. The maximum absolute atomic E-state index is 11.9. The van der Waals surface area contributed by atoms with Crippen LogP contribution in [0.1, 0.15) is 42.6 Å². The molecule has 5 nitrogen and oxygen atoms in total. The van der Waals surface area contributed by atoms with Gasteiger partial charge in [0.2, 0.25) is 0 Å². The lowest BCUT2D eigenvalue weighted by molar-refractivity contribution is 0.0827. The summed E-state index contributed by atoms with van der Waals surface area (Å²) in [5.74, 6) is 0.946. The van der Waals surface area contributed by atoms with Gasteiger partial charge in [0.1, 0.15) is 0 Å². The number of carbonyl (C=O) groups excluding carboxylic acids is 1. The molecule has 1 amide bonds. The number of amides is 1. The topological polar surface area (TPSA) is 47.9 Å². The first kappa shape index (κ1) is 19.0. The molecular formula is C18H30N4O. The minimum atomic E-state index is 0.0210. The summed E-state index contributed by atoms with van der Waals surface area (Å²) in [5.41, 5.74) is 1.80. The lowest BCUT2D eigenvalue weighted by atomic mass is 10.1. The second-order valence-electron chi connectivity index (χ2n) is 5.84. The molecule has 0 bridgehead atoms. The minimum absolute atomic E-state index is 0.0210. The van der Waals surface area contributed by atoms with Crippen LogP contribution in [0.15, 0.2) is 29.3 Å². The zero-order chi connectivity index (χ0) is 17.2. The van der Waals surface area contributed by atoms with Gasteiger partial charge in [-0.2, -0.15) is 0 Å². The number of benzene rings is 1. The molecule has 1 rings (SSSR count). The zero-order valence-electron chi connectivity index (χ0n) is 15.1. The lowest BCUT2D eigenvalue weighted by Gasteiger charge is -2.21. The van der Waals surface area contributed by atoms with Crippen molar-refractivity contribution < 1.29 is 4.79 Å². The summed E-state index contributed by atoms with van der Waals surface area (Å²) in [6.45, 7) is 6.72. The summed E-state index contributed by atoms with van der Waals surface area (Å²) >= 11 is 0. The normalized spacial score (nSPS) is 11.3. The number of unbranched alkanes of at least 4 members (excludes halogenated alkanes) is 1. The van der Waals surface area contributed by atoms with E-state index in [0.29, 0.717) is 12.1 Å². The van der Waals surface area contributed by atoms with Crippen molar-refractivity contribution in [3.05, 3.63) is 35.4 Å². The molecule has 0 aliphatic heterocycles. The molecule has 0 aliphatic rings. The van der Waals surface area contributed by atoms with Gasteiger partial charge in [0.15, 0.2) is 5.96 Å². The van der Waals surface area contributed by atoms with Gasteiger partial charge in [-0.25, -0.2) is 4.99 Å². The van der Waals surface area contributed by atoms with Gasteiger partial charge in [0, 0.05) is 39.8 Å². The Bertz CT molecular complexity index is 508. The minimum Gasteiger partial charge on any atom is -0.357 e. The Morgan fingerprint density at radius 3 is 2.30 bits per heavy atom. The summed E-state index contributed by atoms with van der Waals surface area (Å²) in [4.78, 5) is 20.3. The van der Waals surface area contributed by atoms with Gasteiger partial charge >= 0.3 is 0 Å². The average molecular weight is 318 g/mol. The quantitative estimate of drug-likeness (QED) is 0.621. The second-order valence-corrected chi connectivity index (χ2v) is 5.84. The molecule has 0 aromatic heterocycles. The lowest BCUT2D eigenvalue weighted by Crippen LogP contribution is -2.39. The number of nitrogens with zero attached hydrogens (tertiary/aromatic N) is 3. The maximum Gasteiger partial charge on any atom is 0.253 e. The van der Waals surface area contributed by atoms with Crippen molar-refractivity contribution in [2.75, 3.05) is 34.2 Å². The average Bonchev–Trinajstić information content (AvgIpc) is 2.56. The summed E-state index contributed by atoms with van der Waals surface area (Å²) < 4.78 is 0. The second kappa shape index (κ2) is 9.87. The van der Waals surface area contributed by atoms with Crippen molar-refractivity contribution in [3.63, 3.8) is 0 Å². The molecule has 23 heavy (non-hydrogen) atoms. The highest BCUT2D eigenvalue weighted by Crippen LogP contribution is 2.08. The monoisotopic (exact) mass is 318 g/mol. The van der Waals surface area contributed by atoms with Crippen LogP contribution in [0.25, 0.3) is 0 Å². The van der Waals surface area contributed by atoms with Crippen LogP contribution in [0.2, 0.25) is 0 Å². The van der Waals surface area contributed by atoms with E-state index in [-0.39, 0.29) is 5.91 Å². The van der Waals surface area contributed by atoms with Gasteiger partial charge in [0.25, 0.3) is 5.91 Å². The number of carbonyl (C=O) groups is 1. The van der Waals surface area contributed by atoms with Crippen LogP contribution >= 0.6 is 0 Å². The summed E-state index contributed by atoms with van der Waals surface area (Å²) in [5, 5.41) is 3.32. The fourth-order valence-corrected chi connectivity index (χ4v) is 2.15. The molecule has 0 radical (unpaired) electrons.